The largest absolute Gasteiger partial charge is 0.340 e. The highest BCUT2D eigenvalue weighted by Gasteiger charge is 2.29. The van der Waals surface area contributed by atoms with E-state index >= 15 is 0 Å². The lowest BCUT2D eigenvalue weighted by Crippen LogP contribution is -2.41. The number of nitrogens with zero attached hydrogens (tertiary/aromatic N) is 2. The normalized spacial score (nSPS) is 11.2. The SMILES string of the molecule is Cc1ccc(Cl)cc1N(CC(=O)N(C)Cc1ccc(Cl)cc1)S(=O)(=O)c1ccccc1. The molecule has 3 aromatic rings. The number of hydrogen-bond donors (Lipinski definition) is 0. The van der Waals surface area contributed by atoms with E-state index < -0.39 is 10.0 Å². The van der Waals surface area contributed by atoms with Gasteiger partial charge < -0.3 is 4.90 Å². The Morgan fingerprint density at radius 2 is 1.52 bits per heavy atom. The number of aryl methyl sites for hydroxylation is 1. The smallest absolute Gasteiger partial charge is 0.264 e. The molecule has 0 N–H and O–H groups in total. The van der Waals surface area contributed by atoms with Gasteiger partial charge in [0.05, 0.1) is 10.6 Å². The predicted molar refractivity (Wildman–Crippen MR) is 125 cm³/mol. The summed E-state index contributed by atoms with van der Waals surface area (Å²) in [6, 6.07) is 20.1. The maximum atomic E-state index is 13.4. The molecule has 0 fully saturated rings. The third kappa shape index (κ3) is 5.58. The van der Waals surface area contributed by atoms with Crippen LogP contribution in [0.2, 0.25) is 10.0 Å². The molecule has 0 atom stereocenters. The molecule has 1 amide bonds. The molecule has 0 unspecified atom stereocenters. The van der Waals surface area contributed by atoms with E-state index in [4.69, 9.17) is 23.2 Å². The first-order chi connectivity index (χ1) is 14.7. The molecule has 8 heteroatoms. The lowest BCUT2D eigenvalue weighted by atomic mass is 10.2. The van der Waals surface area contributed by atoms with Gasteiger partial charge in [0, 0.05) is 23.6 Å². The van der Waals surface area contributed by atoms with Gasteiger partial charge in [-0.2, -0.15) is 0 Å². The Balaban J connectivity index is 1.94. The Kier molecular flexibility index (Phi) is 7.26. The van der Waals surface area contributed by atoms with Crippen LogP contribution in [0.4, 0.5) is 5.69 Å². The second-order valence-electron chi connectivity index (χ2n) is 7.13. The number of likely N-dealkylation sites (N-methyl/N-ethyl adjacent to an activating group) is 1. The van der Waals surface area contributed by atoms with Crippen LogP contribution in [-0.2, 0) is 21.4 Å². The summed E-state index contributed by atoms with van der Waals surface area (Å²) >= 11 is 12.1. The number of amides is 1. The lowest BCUT2D eigenvalue weighted by molar-refractivity contribution is -0.128. The van der Waals surface area contributed by atoms with Gasteiger partial charge in [-0.15, -0.1) is 0 Å². The van der Waals surface area contributed by atoms with Crippen molar-refractivity contribution in [3.05, 3.63) is 94.0 Å². The van der Waals surface area contributed by atoms with Crippen molar-refractivity contribution < 1.29 is 13.2 Å². The van der Waals surface area contributed by atoms with Crippen molar-refractivity contribution in [1.82, 2.24) is 4.90 Å². The summed E-state index contributed by atoms with van der Waals surface area (Å²) in [6.45, 7) is 1.74. The quantitative estimate of drug-likeness (QED) is 0.473. The third-order valence-corrected chi connectivity index (χ3v) is 7.07. The Morgan fingerprint density at radius 1 is 0.903 bits per heavy atom. The van der Waals surface area contributed by atoms with Crippen LogP contribution in [0.3, 0.4) is 0 Å². The van der Waals surface area contributed by atoms with Crippen LogP contribution in [0.5, 0.6) is 0 Å². The monoisotopic (exact) mass is 476 g/mol. The summed E-state index contributed by atoms with van der Waals surface area (Å²) in [6.07, 6.45) is 0. The minimum atomic E-state index is -3.99. The van der Waals surface area contributed by atoms with Gasteiger partial charge in [-0.05, 0) is 54.4 Å². The zero-order valence-corrected chi connectivity index (χ0v) is 19.5. The van der Waals surface area contributed by atoms with E-state index in [0.717, 1.165) is 9.87 Å². The van der Waals surface area contributed by atoms with E-state index in [1.54, 1.807) is 62.5 Å². The number of sulfonamides is 1. The van der Waals surface area contributed by atoms with Gasteiger partial charge in [0.25, 0.3) is 10.0 Å². The summed E-state index contributed by atoms with van der Waals surface area (Å²) < 4.78 is 28.0. The molecular weight excluding hydrogens is 455 g/mol. The van der Waals surface area contributed by atoms with E-state index in [2.05, 4.69) is 0 Å². The van der Waals surface area contributed by atoms with Crippen LogP contribution in [0.25, 0.3) is 0 Å². The fourth-order valence-electron chi connectivity index (χ4n) is 3.07. The number of halogens is 2. The molecule has 3 rings (SSSR count). The highest BCUT2D eigenvalue weighted by Crippen LogP contribution is 2.29. The van der Waals surface area contributed by atoms with Gasteiger partial charge in [0.2, 0.25) is 5.91 Å². The number of benzene rings is 3. The Labute approximate surface area is 192 Å². The van der Waals surface area contributed by atoms with Crippen LogP contribution in [0.1, 0.15) is 11.1 Å². The van der Waals surface area contributed by atoms with Crippen molar-refractivity contribution in [3.8, 4) is 0 Å². The summed E-state index contributed by atoms with van der Waals surface area (Å²) in [5.41, 5.74) is 1.94. The summed E-state index contributed by atoms with van der Waals surface area (Å²) in [5.74, 6) is -0.353. The van der Waals surface area contributed by atoms with Gasteiger partial charge in [0.1, 0.15) is 6.54 Å². The molecule has 0 aliphatic heterocycles. The standard InChI is InChI=1S/C23H22Cl2N2O3S/c1-17-8-11-20(25)14-22(17)27(31(29,30)21-6-4-3-5-7-21)16-23(28)26(2)15-18-9-12-19(24)13-10-18/h3-14H,15-16H2,1-2H3. The third-order valence-electron chi connectivity index (χ3n) is 4.81. The average molecular weight is 477 g/mol. The molecule has 0 aliphatic carbocycles. The molecule has 0 aromatic heterocycles. The number of rotatable bonds is 7. The molecular formula is C23H22Cl2N2O3S. The second kappa shape index (κ2) is 9.73. The first-order valence-electron chi connectivity index (χ1n) is 9.51. The summed E-state index contributed by atoms with van der Waals surface area (Å²) in [5, 5.41) is 0.991. The summed E-state index contributed by atoms with van der Waals surface area (Å²) in [4.78, 5) is 14.6. The van der Waals surface area contributed by atoms with Crippen molar-refractivity contribution in [3.63, 3.8) is 0 Å². The molecule has 0 radical (unpaired) electrons. The maximum absolute atomic E-state index is 13.4. The van der Waals surface area contributed by atoms with E-state index in [0.29, 0.717) is 27.8 Å². The minimum absolute atomic E-state index is 0.0996. The van der Waals surface area contributed by atoms with Crippen molar-refractivity contribution in [2.75, 3.05) is 17.9 Å². The molecule has 0 spiro atoms. The number of anilines is 1. The maximum Gasteiger partial charge on any atom is 0.264 e. The molecule has 5 nitrogen and oxygen atoms in total. The zero-order chi connectivity index (χ0) is 22.6. The molecule has 0 saturated carbocycles. The first kappa shape index (κ1) is 23.1. The van der Waals surface area contributed by atoms with Crippen molar-refractivity contribution >= 4 is 44.8 Å². The van der Waals surface area contributed by atoms with E-state index in [9.17, 15) is 13.2 Å². The second-order valence-corrected chi connectivity index (χ2v) is 9.87. The Bertz CT molecular complexity index is 1170. The highest BCUT2D eigenvalue weighted by molar-refractivity contribution is 7.92. The number of carbonyl (C=O) groups excluding carboxylic acids is 1. The zero-order valence-electron chi connectivity index (χ0n) is 17.1. The topological polar surface area (TPSA) is 57.7 Å². The number of carbonyl (C=O) groups is 1. The van der Waals surface area contributed by atoms with Gasteiger partial charge in [0.15, 0.2) is 0 Å². The molecule has 31 heavy (non-hydrogen) atoms. The predicted octanol–water partition coefficient (Wildman–Crippen LogP) is 5.16. The van der Waals surface area contributed by atoms with E-state index in [1.165, 1.54) is 17.0 Å². The van der Waals surface area contributed by atoms with Gasteiger partial charge in [-0.3, -0.25) is 9.10 Å². The fourth-order valence-corrected chi connectivity index (χ4v) is 4.85. The van der Waals surface area contributed by atoms with E-state index in [-0.39, 0.29) is 17.3 Å². The van der Waals surface area contributed by atoms with Crippen LogP contribution in [-0.4, -0.2) is 32.8 Å². The Hall–Kier alpha value is -2.54. The van der Waals surface area contributed by atoms with Crippen LogP contribution in [0, 0.1) is 6.92 Å². The Morgan fingerprint density at radius 3 is 2.16 bits per heavy atom. The van der Waals surface area contributed by atoms with Gasteiger partial charge in [-0.1, -0.05) is 59.6 Å². The van der Waals surface area contributed by atoms with Crippen LogP contribution >= 0.6 is 23.2 Å². The van der Waals surface area contributed by atoms with Crippen LogP contribution in [0.15, 0.2) is 77.7 Å². The first-order valence-corrected chi connectivity index (χ1v) is 11.7. The van der Waals surface area contributed by atoms with Gasteiger partial charge >= 0.3 is 0 Å². The van der Waals surface area contributed by atoms with Crippen LogP contribution < -0.4 is 4.31 Å². The average Bonchev–Trinajstić information content (AvgIpc) is 2.75. The van der Waals surface area contributed by atoms with Crippen molar-refractivity contribution in [2.24, 2.45) is 0 Å². The van der Waals surface area contributed by atoms with Gasteiger partial charge in [-0.25, -0.2) is 8.42 Å². The summed E-state index contributed by atoms with van der Waals surface area (Å²) in [7, 11) is -2.36. The van der Waals surface area contributed by atoms with E-state index in [1.807, 2.05) is 12.1 Å². The molecule has 0 saturated heterocycles. The molecule has 0 heterocycles. The number of hydrogen-bond acceptors (Lipinski definition) is 3. The highest BCUT2D eigenvalue weighted by atomic mass is 35.5. The lowest BCUT2D eigenvalue weighted by Gasteiger charge is -2.28. The molecule has 162 valence electrons. The van der Waals surface area contributed by atoms with Crippen molar-refractivity contribution in [1.29, 1.82) is 0 Å². The molecule has 0 bridgehead atoms. The molecule has 0 aliphatic rings. The minimum Gasteiger partial charge on any atom is -0.340 e. The fraction of sp³-hybridized carbons (Fsp3) is 0.174. The molecule has 3 aromatic carbocycles. The van der Waals surface area contributed by atoms with Crippen molar-refractivity contribution in [2.45, 2.75) is 18.4 Å².